The predicted molar refractivity (Wildman–Crippen MR) is 117 cm³/mol. The average Bonchev–Trinajstić information content (AvgIpc) is 2.80. The molecule has 0 spiro atoms. The van der Waals surface area contributed by atoms with Gasteiger partial charge in [-0.3, -0.25) is 9.79 Å². The maximum atomic E-state index is 14.4. The van der Waals surface area contributed by atoms with Crippen molar-refractivity contribution in [3.63, 3.8) is 0 Å². The van der Waals surface area contributed by atoms with Gasteiger partial charge in [-0.1, -0.05) is 6.92 Å². The van der Waals surface area contributed by atoms with Gasteiger partial charge in [0.2, 0.25) is 5.95 Å². The maximum Gasteiger partial charge on any atom is 0.419 e. The van der Waals surface area contributed by atoms with Gasteiger partial charge in [0.05, 0.1) is 18.2 Å². The molecule has 0 aromatic carbocycles. The number of halogens is 5. The monoisotopic (exact) mass is 498 g/mol. The van der Waals surface area contributed by atoms with Crippen molar-refractivity contribution in [2.45, 2.75) is 31.5 Å². The summed E-state index contributed by atoms with van der Waals surface area (Å²) in [6.45, 7) is 0.568. The van der Waals surface area contributed by atoms with E-state index in [1.807, 2.05) is 0 Å². The molecule has 0 saturated carbocycles. The molecule has 2 aromatic rings. The highest BCUT2D eigenvalue weighted by molar-refractivity contribution is 6.18. The number of hydrogen-bond donors (Lipinski definition) is 2. The normalized spacial score (nSPS) is 21.1. The van der Waals surface area contributed by atoms with E-state index < -0.39 is 48.5 Å². The number of anilines is 1. The Morgan fingerprint density at radius 1 is 1.26 bits per heavy atom. The Morgan fingerprint density at radius 2 is 1.89 bits per heavy atom. The molecule has 2 aromatic heterocycles. The summed E-state index contributed by atoms with van der Waals surface area (Å²) in [6, 6.07) is -0.779. The number of piperidine rings is 1. The molecule has 1 aliphatic heterocycles. The lowest BCUT2D eigenvalue weighted by molar-refractivity contribution is -0.148. The van der Waals surface area contributed by atoms with E-state index in [-0.39, 0.29) is 23.8 Å². The van der Waals surface area contributed by atoms with E-state index in [0.29, 0.717) is 18.0 Å². The van der Waals surface area contributed by atoms with E-state index in [2.05, 4.69) is 30.2 Å². The van der Waals surface area contributed by atoms with Crippen LogP contribution in [-0.4, -0.2) is 69.1 Å². The quantitative estimate of drug-likeness (QED) is 0.357. The summed E-state index contributed by atoms with van der Waals surface area (Å²) in [7, 11) is 1.45. The molecule has 1 aliphatic rings. The molecular formula is C21H23F5N8O. The highest BCUT2D eigenvalue weighted by Gasteiger charge is 2.46. The second kappa shape index (κ2) is 10.3. The van der Waals surface area contributed by atoms with E-state index in [1.54, 1.807) is 6.92 Å². The fraction of sp³-hybridized carbons (Fsp3) is 0.429. The molecule has 1 saturated heterocycles. The SMILES string of the molecule is CN=CC(=C(N)C(=O)N1CC(F)(F)C[C@@H](C)C1CNc1ncc(C(F)(F)F)cn1)c1cncnc1. The van der Waals surface area contributed by atoms with Crippen LogP contribution >= 0.6 is 0 Å². The number of likely N-dealkylation sites (tertiary alicyclic amines) is 1. The number of allylic oxidation sites excluding steroid dienone is 1. The van der Waals surface area contributed by atoms with Crippen molar-refractivity contribution < 1.29 is 26.7 Å². The van der Waals surface area contributed by atoms with Gasteiger partial charge in [0.1, 0.15) is 12.0 Å². The number of carbonyl (C=O) groups is 1. The van der Waals surface area contributed by atoms with Gasteiger partial charge in [-0.2, -0.15) is 13.2 Å². The van der Waals surface area contributed by atoms with E-state index in [9.17, 15) is 26.7 Å². The van der Waals surface area contributed by atoms with Crippen LogP contribution in [0.15, 0.2) is 41.8 Å². The molecule has 0 radical (unpaired) electrons. The molecule has 0 aliphatic carbocycles. The summed E-state index contributed by atoms with van der Waals surface area (Å²) in [5.74, 6) is -4.83. The molecule has 9 nitrogen and oxygen atoms in total. The lowest BCUT2D eigenvalue weighted by atomic mass is 9.88. The zero-order chi connectivity index (χ0) is 25.8. The minimum atomic E-state index is -4.60. The van der Waals surface area contributed by atoms with Gasteiger partial charge < -0.3 is 16.0 Å². The number of aromatic nitrogens is 4. The van der Waals surface area contributed by atoms with Crippen molar-refractivity contribution >= 4 is 23.6 Å². The van der Waals surface area contributed by atoms with Gasteiger partial charge in [0, 0.05) is 62.2 Å². The number of rotatable bonds is 6. The Kier molecular flexibility index (Phi) is 7.60. The molecule has 14 heteroatoms. The molecule has 1 fully saturated rings. The van der Waals surface area contributed by atoms with Gasteiger partial charge in [0.15, 0.2) is 0 Å². The number of hydrogen-bond acceptors (Lipinski definition) is 8. The molecular weight excluding hydrogens is 475 g/mol. The highest BCUT2D eigenvalue weighted by Crippen LogP contribution is 2.35. The van der Waals surface area contributed by atoms with Crippen LogP contribution in [0.2, 0.25) is 0 Å². The Hall–Kier alpha value is -3.71. The highest BCUT2D eigenvalue weighted by atomic mass is 19.4. The third-order valence-corrected chi connectivity index (χ3v) is 5.44. The van der Waals surface area contributed by atoms with Crippen LogP contribution in [0, 0.1) is 5.92 Å². The number of carbonyl (C=O) groups excluding carboxylic acids is 1. The molecule has 188 valence electrons. The van der Waals surface area contributed by atoms with Gasteiger partial charge in [-0.15, -0.1) is 0 Å². The van der Waals surface area contributed by atoms with Gasteiger partial charge in [-0.05, 0) is 5.92 Å². The summed E-state index contributed by atoms with van der Waals surface area (Å²) in [5.41, 5.74) is 5.29. The first-order valence-electron chi connectivity index (χ1n) is 10.4. The van der Waals surface area contributed by atoms with Crippen molar-refractivity contribution in [2.75, 3.05) is 25.5 Å². The van der Waals surface area contributed by atoms with Crippen molar-refractivity contribution in [3.05, 3.63) is 47.9 Å². The fourth-order valence-electron chi connectivity index (χ4n) is 3.78. The topological polar surface area (TPSA) is 122 Å². The Balaban J connectivity index is 1.88. The minimum Gasteiger partial charge on any atom is -0.394 e. The Morgan fingerprint density at radius 3 is 2.46 bits per heavy atom. The molecule has 35 heavy (non-hydrogen) atoms. The average molecular weight is 498 g/mol. The molecule has 0 bridgehead atoms. The van der Waals surface area contributed by atoms with E-state index in [4.69, 9.17) is 5.73 Å². The maximum absolute atomic E-state index is 14.4. The van der Waals surface area contributed by atoms with Crippen molar-refractivity contribution in [1.82, 2.24) is 24.8 Å². The summed E-state index contributed by atoms with van der Waals surface area (Å²) in [6.07, 6.45) is 1.51. The Bertz CT molecular complexity index is 1090. The van der Waals surface area contributed by atoms with Crippen LogP contribution in [0.4, 0.5) is 27.9 Å². The molecule has 2 atom stereocenters. The number of nitrogens with one attached hydrogen (secondary N) is 1. The van der Waals surface area contributed by atoms with Crippen LogP contribution in [-0.2, 0) is 11.0 Å². The number of aliphatic imine (C=N–C) groups is 1. The van der Waals surface area contributed by atoms with Gasteiger partial charge >= 0.3 is 6.18 Å². The van der Waals surface area contributed by atoms with Crippen LogP contribution in [0.1, 0.15) is 24.5 Å². The zero-order valence-corrected chi connectivity index (χ0v) is 18.8. The second-order valence-electron chi connectivity index (χ2n) is 8.05. The van der Waals surface area contributed by atoms with Crippen molar-refractivity contribution in [2.24, 2.45) is 16.6 Å². The lowest BCUT2D eigenvalue weighted by Crippen LogP contribution is -2.58. The molecule has 3 heterocycles. The van der Waals surface area contributed by atoms with Crippen molar-refractivity contribution in [3.8, 4) is 0 Å². The van der Waals surface area contributed by atoms with Crippen molar-refractivity contribution in [1.29, 1.82) is 0 Å². The summed E-state index contributed by atoms with van der Waals surface area (Å²) >= 11 is 0. The largest absolute Gasteiger partial charge is 0.419 e. The fourth-order valence-corrected chi connectivity index (χ4v) is 3.78. The molecule has 1 amide bonds. The number of alkyl halides is 5. The smallest absolute Gasteiger partial charge is 0.394 e. The van der Waals surface area contributed by atoms with Gasteiger partial charge in [0.25, 0.3) is 11.8 Å². The molecule has 3 N–H and O–H groups in total. The second-order valence-corrected chi connectivity index (χ2v) is 8.05. The number of nitrogens with two attached hydrogens (primary N) is 1. The van der Waals surface area contributed by atoms with E-state index in [0.717, 1.165) is 4.90 Å². The van der Waals surface area contributed by atoms with E-state index >= 15 is 0 Å². The standard InChI is InChI=1S/C21H23F5N8O/c1-12-3-20(22,23)10-34(16(12)9-33-19-31-6-14(7-32-19)21(24,25)26)18(35)17(27)15(8-28-2)13-4-29-11-30-5-13/h4-8,11-12,16H,3,9-10,27H2,1-2H3,(H,31,32,33)/t12-,16?/m1/s1. The van der Waals surface area contributed by atoms with Gasteiger partial charge in [-0.25, -0.2) is 28.7 Å². The molecule has 1 unspecified atom stereocenters. The minimum absolute atomic E-state index is 0.0900. The van der Waals surface area contributed by atoms with Crippen LogP contribution in [0.5, 0.6) is 0 Å². The van der Waals surface area contributed by atoms with E-state index in [1.165, 1.54) is 32.0 Å². The van der Waals surface area contributed by atoms with Crippen LogP contribution in [0.25, 0.3) is 5.57 Å². The van der Waals surface area contributed by atoms with Crippen LogP contribution in [0.3, 0.4) is 0 Å². The lowest BCUT2D eigenvalue weighted by Gasteiger charge is -2.43. The van der Waals surface area contributed by atoms with Crippen LogP contribution < -0.4 is 11.1 Å². The third-order valence-electron chi connectivity index (χ3n) is 5.44. The first kappa shape index (κ1) is 25.9. The predicted octanol–water partition coefficient (Wildman–Crippen LogP) is 2.64. The summed E-state index contributed by atoms with van der Waals surface area (Å²) in [5, 5.41) is 2.73. The first-order chi connectivity index (χ1) is 16.4. The summed E-state index contributed by atoms with van der Waals surface area (Å²) in [4.78, 5) is 33.1. The number of nitrogens with zero attached hydrogens (tertiary/aromatic N) is 6. The number of amides is 1. The summed E-state index contributed by atoms with van der Waals surface area (Å²) < 4.78 is 67.1. The molecule has 3 rings (SSSR count). The first-order valence-corrected chi connectivity index (χ1v) is 10.4. The Labute approximate surface area is 197 Å². The third kappa shape index (κ3) is 6.25. The zero-order valence-electron chi connectivity index (χ0n) is 18.8.